The Hall–Kier alpha value is -0.120. The number of epoxide rings is 2. The second-order valence-electron chi connectivity index (χ2n) is 13.9. The molecule has 32 heavy (non-hydrogen) atoms. The predicted molar refractivity (Wildman–Crippen MR) is 127 cm³/mol. The van der Waals surface area contributed by atoms with E-state index in [2.05, 4.69) is 41.5 Å². The number of fused-ring (bicyclic) bond motifs is 4. The average molecular weight is 445 g/mol. The Morgan fingerprint density at radius 3 is 2.47 bits per heavy atom. The van der Waals surface area contributed by atoms with E-state index in [0.29, 0.717) is 35.1 Å². The van der Waals surface area contributed by atoms with Crippen molar-refractivity contribution in [1.29, 1.82) is 0 Å². The minimum absolute atomic E-state index is 0.0198. The first-order valence-corrected chi connectivity index (χ1v) is 14.2. The van der Waals surface area contributed by atoms with Gasteiger partial charge in [-0.3, -0.25) is 0 Å². The van der Waals surface area contributed by atoms with Crippen molar-refractivity contribution >= 4 is 0 Å². The van der Waals surface area contributed by atoms with Crippen molar-refractivity contribution < 1.29 is 14.6 Å². The highest BCUT2D eigenvalue weighted by molar-refractivity contribution is 5.24. The molecule has 0 bridgehead atoms. The average Bonchev–Trinajstić information content (AvgIpc) is 3.62. The van der Waals surface area contributed by atoms with Gasteiger partial charge in [-0.2, -0.15) is 0 Å². The van der Waals surface area contributed by atoms with E-state index in [9.17, 15) is 5.11 Å². The molecule has 2 aliphatic heterocycles. The minimum atomic E-state index is -0.139. The van der Waals surface area contributed by atoms with E-state index in [1.54, 1.807) is 0 Å². The Morgan fingerprint density at radius 2 is 1.75 bits per heavy atom. The van der Waals surface area contributed by atoms with Crippen molar-refractivity contribution in [2.45, 2.75) is 129 Å². The molecule has 6 rings (SSSR count). The molecule has 3 nitrogen and oxygen atoms in total. The van der Waals surface area contributed by atoms with Gasteiger partial charge < -0.3 is 14.6 Å². The summed E-state index contributed by atoms with van der Waals surface area (Å²) in [4.78, 5) is 0. The van der Waals surface area contributed by atoms with Gasteiger partial charge in [0.2, 0.25) is 0 Å². The molecule has 3 heteroatoms. The maximum atomic E-state index is 10.4. The Bertz CT molecular complexity index is 751. The van der Waals surface area contributed by atoms with Crippen LogP contribution in [0, 0.1) is 52.3 Å². The maximum Gasteiger partial charge on any atom is 0.103 e. The van der Waals surface area contributed by atoms with Gasteiger partial charge in [0.1, 0.15) is 5.60 Å². The Labute approximate surface area is 196 Å². The molecule has 6 aliphatic rings. The van der Waals surface area contributed by atoms with Crippen molar-refractivity contribution in [3.63, 3.8) is 0 Å². The fourth-order valence-electron chi connectivity index (χ4n) is 10.8. The number of ether oxygens (including phenoxy) is 2. The van der Waals surface area contributed by atoms with Crippen LogP contribution in [0.4, 0.5) is 0 Å². The molecular formula is C29H48O3. The van der Waals surface area contributed by atoms with E-state index >= 15 is 0 Å². The molecule has 2 saturated heterocycles. The zero-order chi connectivity index (χ0) is 22.6. The van der Waals surface area contributed by atoms with Gasteiger partial charge in [-0.25, -0.2) is 0 Å². The lowest BCUT2D eigenvalue weighted by molar-refractivity contribution is -0.117. The van der Waals surface area contributed by atoms with Crippen molar-refractivity contribution in [3.8, 4) is 0 Å². The van der Waals surface area contributed by atoms with Gasteiger partial charge in [0.05, 0.1) is 24.4 Å². The molecule has 1 spiro atoms. The van der Waals surface area contributed by atoms with Crippen LogP contribution in [0.2, 0.25) is 0 Å². The van der Waals surface area contributed by atoms with E-state index in [1.165, 1.54) is 44.9 Å². The number of aliphatic hydroxyl groups excluding tert-OH is 1. The molecule has 4 saturated carbocycles. The highest BCUT2D eigenvalue weighted by atomic mass is 16.6. The van der Waals surface area contributed by atoms with E-state index < -0.39 is 0 Å². The van der Waals surface area contributed by atoms with Crippen LogP contribution in [0.5, 0.6) is 0 Å². The summed E-state index contributed by atoms with van der Waals surface area (Å²) in [5.41, 5.74) is 0.795. The monoisotopic (exact) mass is 444 g/mol. The van der Waals surface area contributed by atoms with Crippen LogP contribution in [-0.4, -0.2) is 35.1 Å². The fourth-order valence-corrected chi connectivity index (χ4v) is 10.8. The highest BCUT2D eigenvalue weighted by Crippen LogP contribution is 2.74. The molecule has 0 aromatic carbocycles. The summed E-state index contributed by atoms with van der Waals surface area (Å²) in [6.45, 7) is 14.8. The molecule has 4 aliphatic carbocycles. The standard InChI is InChI=1S/C29H48O3/c1-7-19(16(2)3)26-25(31-26)17(4)21-8-9-22-20-14-24-29(32-24)15-18(30)10-13-28(29,6)23(20)11-12-27(21,22)5/h16-26,30H,7-15H2,1-6H3/t17-,18-,19-,20-,21+,22-,23-,24?,25?,26?,27+,28+,29?/m0/s1. The molecule has 2 heterocycles. The lowest BCUT2D eigenvalue weighted by Crippen LogP contribution is -2.58. The molecule has 0 radical (unpaired) electrons. The van der Waals surface area contributed by atoms with E-state index in [4.69, 9.17) is 9.47 Å². The summed E-state index contributed by atoms with van der Waals surface area (Å²) in [6.07, 6.45) is 12.5. The zero-order valence-corrected chi connectivity index (χ0v) is 21.5. The normalized spacial score (nSPS) is 57.8. The van der Waals surface area contributed by atoms with E-state index in [-0.39, 0.29) is 11.7 Å². The number of rotatable bonds is 5. The summed E-state index contributed by atoms with van der Waals surface area (Å²) in [7, 11) is 0. The zero-order valence-electron chi connectivity index (χ0n) is 21.5. The van der Waals surface area contributed by atoms with Crippen LogP contribution >= 0.6 is 0 Å². The van der Waals surface area contributed by atoms with E-state index in [1.807, 2.05) is 0 Å². The van der Waals surface area contributed by atoms with Gasteiger partial charge in [0.25, 0.3) is 0 Å². The van der Waals surface area contributed by atoms with Crippen LogP contribution < -0.4 is 0 Å². The Balaban J connectivity index is 1.21. The first kappa shape index (κ1) is 22.4. The maximum absolute atomic E-state index is 10.4. The Morgan fingerprint density at radius 1 is 0.969 bits per heavy atom. The van der Waals surface area contributed by atoms with Crippen LogP contribution in [0.1, 0.15) is 99.3 Å². The first-order chi connectivity index (χ1) is 15.2. The number of hydrogen-bond donors (Lipinski definition) is 1. The largest absolute Gasteiger partial charge is 0.393 e. The molecule has 0 aromatic heterocycles. The summed E-state index contributed by atoms with van der Waals surface area (Å²) < 4.78 is 12.9. The third kappa shape index (κ3) is 2.83. The topological polar surface area (TPSA) is 45.3 Å². The smallest absolute Gasteiger partial charge is 0.103 e. The van der Waals surface area contributed by atoms with Gasteiger partial charge in [0.15, 0.2) is 0 Å². The summed E-state index contributed by atoms with van der Waals surface area (Å²) in [6, 6.07) is 0. The number of hydrogen-bond acceptors (Lipinski definition) is 3. The first-order valence-electron chi connectivity index (χ1n) is 14.2. The lowest BCUT2D eigenvalue weighted by Gasteiger charge is -2.59. The van der Waals surface area contributed by atoms with Crippen molar-refractivity contribution in [1.82, 2.24) is 0 Å². The SMILES string of the molecule is CC[C@@H](C(C)C)C1OC1[C@@H](C)[C@H]1CC[C@H]2[C@@H]3CC4OC45C[C@@H](O)CC[C@]5(C)[C@H]3CC[C@]12C. The van der Waals surface area contributed by atoms with Crippen LogP contribution in [-0.2, 0) is 9.47 Å². The van der Waals surface area contributed by atoms with Crippen LogP contribution in [0.15, 0.2) is 0 Å². The molecular weight excluding hydrogens is 396 g/mol. The highest BCUT2D eigenvalue weighted by Gasteiger charge is 2.76. The van der Waals surface area contributed by atoms with Crippen LogP contribution in [0.25, 0.3) is 0 Å². The van der Waals surface area contributed by atoms with Gasteiger partial charge in [-0.1, -0.05) is 48.0 Å². The molecule has 0 aromatic rings. The third-order valence-corrected chi connectivity index (χ3v) is 12.6. The molecule has 6 fully saturated rings. The van der Waals surface area contributed by atoms with E-state index in [0.717, 1.165) is 48.3 Å². The van der Waals surface area contributed by atoms with Crippen molar-refractivity contribution in [3.05, 3.63) is 0 Å². The lowest BCUT2D eigenvalue weighted by atomic mass is 9.44. The molecule has 4 unspecified atom stereocenters. The second kappa shape index (κ2) is 7.20. The van der Waals surface area contributed by atoms with Crippen molar-refractivity contribution in [2.75, 3.05) is 0 Å². The van der Waals surface area contributed by atoms with Gasteiger partial charge in [-0.15, -0.1) is 0 Å². The quantitative estimate of drug-likeness (QED) is 0.512. The van der Waals surface area contributed by atoms with Gasteiger partial charge in [0, 0.05) is 11.8 Å². The molecule has 13 atom stereocenters. The summed E-state index contributed by atoms with van der Waals surface area (Å²) >= 11 is 0. The summed E-state index contributed by atoms with van der Waals surface area (Å²) in [5.74, 6) is 5.46. The molecule has 182 valence electrons. The van der Waals surface area contributed by atoms with Gasteiger partial charge in [-0.05, 0) is 91.8 Å². The Kier molecular flexibility index (Phi) is 5.03. The molecule has 1 N–H and O–H groups in total. The van der Waals surface area contributed by atoms with Gasteiger partial charge >= 0.3 is 0 Å². The minimum Gasteiger partial charge on any atom is -0.393 e. The molecule has 0 amide bonds. The third-order valence-electron chi connectivity index (χ3n) is 12.6. The van der Waals surface area contributed by atoms with Crippen LogP contribution in [0.3, 0.4) is 0 Å². The van der Waals surface area contributed by atoms with Crippen molar-refractivity contribution in [2.24, 2.45) is 52.3 Å². The second-order valence-corrected chi connectivity index (χ2v) is 13.9. The number of aliphatic hydroxyl groups is 1. The fraction of sp³-hybridized carbons (Fsp3) is 1.00. The summed E-state index contributed by atoms with van der Waals surface area (Å²) in [5, 5.41) is 10.4. The predicted octanol–water partition coefficient (Wildman–Crippen LogP) is 6.22.